The van der Waals surface area contributed by atoms with Crippen molar-refractivity contribution in [2.24, 2.45) is 5.92 Å². The predicted octanol–water partition coefficient (Wildman–Crippen LogP) is 6.86. The molecule has 0 aliphatic carbocycles. The molecule has 0 fully saturated rings. The van der Waals surface area contributed by atoms with E-state index in [0.29, 0.717) is 11.6 Å². The highest BCUT2D eigenvalue weighted by Crippen LogP contribution is 2.35. The number of benzene rings is 3. The second kappa shape index (κ2) is 11.1. The molecule has 0 radical (unpaired) electrons. The third kappa shape index (κ3) is 6.44. The number of nitrogen functional groups attached to an aromatic ring is 1. The molecule has 2 amide bonds. The van der Waals surface area contributed by atoms with Crippen LogP contribution in [-0.4, -0.2) is 16.1 Å². The fourth-order valence-electron chi connectivity index (χ4n) is 3.33. The fourth-order valence-corrected chi connectivity index (χ4v) is 3.89. The Morgan fingerprint density at radius 2 is 1.46 bits per heavy atom. The van der Waals surface area contributed by atoms with Crippen LogP contribution in [0.4, 0.5) is 39.0 Å². The molecule has 0 aromatic heterocycles. The molecule has 0 bridgehead atoms. The van der Waals surface area contributed by atoms with Crippen LogP contribution in [0.5, 0.6) is 0 Å². The largest absolute Gasteiger partial charge is 0.394 e. The number of rotatable bonds is 7. The molecular weight excluding hydrogens is 564 g/mol. The van der Waals surface area contributed by atoms with Gasteiger partial charge in [-0.15, -0.1) is 23.2 Å². The first-order chi connectivity index (χ1) is 17.2. The van der Waals surface area contributed by atoms with Gasteiger partial charge in [0, 0.05) is 0 Å². The van der Waals surface area contributed by atoms with Crippen molar-refractivity contribution < 1.29 is 31.5 Å². The first kappa shape index (κ1) is 28.5. The van der Waals surface area contributed by atoms with Crippen molar-refractivity contribution in [3.8, 4) is 0 Å². The molecule has 3 aromatic carbocycles. The highest BCUT2D eigenvalue weighted by Gasteiger charge is 2.37. The summed E-state index contributed by atoms with van der Waals surface area (Å²) in [5.41, 5.74) is 2.30. The van der Waals surface area contributed by atoms with E-state index in [1.807, 2.05) is 5.32 Å². The molecule has 0 aliphatic heterocycles. The van der Waals surface area contributed by atoms with E-state index in [2.05, 4.69) is 5.32 Å². The maximum atomic E-state index is 15.2. The number of hydrogen-bond acceptors (Lipinski definition) is 3. The summed E-state index contributed by atoms with van der Waals surface area (Å²) in [6, 6.07) is 6.80. The maximum absolute atomic E-state index is 15.2. The Labute approximate surface area is 222 Å². The number of amides is 2. The van der Waals surface area contributed by atoms with E-state index >= 15 is 4.39 Å². The van der Waals surface area contributed by atoms with E-state index < -0.39 is 73.8 Å². The Morgan fingerprint density at radius 1 is 0.892 bits per heavy atom. The third-order valence-electron chi connectivity index (χ3n) is 5.30. The van der Waals surface area contributed by atoms with Crippen molar-refractivity contribution in [1.29, 1.82) is 0 Å². The van der Waals surface area contributed by atoms with Crippen molar-refractivity contribution >= 4 is 63.7 Å². The topological polar surface area (TPSA) is 84.2 Å². The van der Waals surface area contributed by atoms with E-state index in [4.69, 9.17) is 40.5 Å². The van der Waals surface area contributed by atoms with Crippen molar-refractivity contribution in [1.82, 2.24) is 0 Å². The fraction of sp³-hybridized carbons (Fsp3) is 0.167. The van der Waals surface area contributed by atoms with Gasteiger partial charge in [-0.2, -0.15) is 0 Å². The molecule has 5 nitrogen and oxygen atoms in total. The predicted molar refractivity (Wildman–Crippen MR) is 132 cm³/mol. The van der Waals surface area contributed by atoms with Crippen LogP contribution in [0.1, 0.15) is 22.8 Å². The molecule has 37 heavy (non-hydrogen) atoms. The highest BCUT2D eigenvalue weighted by molar-refractivity contribution is 6.49. The van der Waals surface area contributed by atoms with E-state index in [0.717, 1.165) is 24.3 Å². The van der Waals surface area contributed by atoms with Crippen LogP contribution in [-0.2, 0) is 11.2 Å². The van der Waals surface area contributed by atoms with Gasteiger partial charge >= 0.3 is 0 Å². The molecule has 0 spiro atoms. The Balaban J connectivity index is 1.89. The Kier molecular flexibility index (Phi) is 8.56. The summed E-state index contributed by atoms with van der Waals surface area (Å²) < 4.78 is 68.8. The average Bonchev–Trinajstić information content (AvgIpc) is 2.81. The van der Waals surface area contributed by atoms with Crippen molar-refractivity contribution in [2.75, 3.05) is 16.4 Å². The van der Waals surface area contributed by atoms with Crippen molar-refractivity contribution in [3.63, 3.8) is 0 Å². The molecule has 196 valence electrons. The van der Waals surface area contributed by atoms with Gasteiger partial charge in [0.15, 0.2) is 11.6 Å². The summed E-state index contributed by atoms with van der Waals surface area (Å²) in [5, 5.41) is 3.90. The molecule has 0 heterocycles. The maximum Gasteiger partial charge on any atom is 0.261 e. The molecule has 0 saturated heterocycles. The van der Waals surface area contributed by atoms with Crippen LogP contribution in [0.2, 0.25) is 5.02 Å². The van der Waals surface area contributed by atoms with Gasteiger partial charge in [0.1, 0.15) is 33.0 Å². The van der Waals surface area contributed by atoms with Gasteiger partial charge in [0.2, 0.25) is 5.91 Å². The molecule has 13 heteroatoms. The van der Waals surface area contributed by atoms with Crippen LogP contribution in [0.25, 0.3) is 0 Å². The standard InChI is InChI=1S/C24H17Cl3F5N3O2/c1-24(26,27)11(8-10-2-3-13(28)12(25)9-10)22(36)34-16-6-4-14(29)18(19(16)31)23(37)35-17-7-5-15(30)21(33)20(17)32/h2-7,9,11H,8,33H2,1H3,(H,34,36)(H,35,37). The number of halogens is 8. The van der Waals surface area contributed by atoms with Gasteiger partial charge in [-0.05, 0) is 55.3 Å². The Hall–Kier alpha value is -3.08. The lowest BCUT2D eigenvalue weighted by molar-refractivity contribution is -0.120. The molecule has 0 aliphatic rings. The second-order valence-electron chi connectivity index (χ2n) is 8.01. The highest BCUT2D eigenvalue weighted by atomic mass is 35.5. The number of carbonyl (C=O) groups is 2. The SMILES string of the molecule is CC(Cl)(Cl)C(Cc1ccc(F)c(Cl)c1)C(=O)Nc1ccc(F)c(C(=O)Nc2ccc(F)c(N)c2F)c1F. The average molecular weight is 581 g/mol. The molecule has 1 unspecified atom stereocenters. The van der Waals surface area contributed by atoms with Crippen molar-refractivity contribution in [3.05, 3.63) is 87.7 Å². The van der Waals surface area contributed by atoms with Crippen molar-refractivity contribution in [2.45, 2.75) is 17.7 Å². The number of alkyl halides is 2. The lowest BCUT2D eigenvalue weighted by Gasteiger charge is -2.26. The van der Waals surface area contributed by atoms with Crippen LogP contribution in [0.15, 0.2) is 42.5 Å². The summed E-state index contributed by atoms with van der Waals surface area (Å²) in [4.78, 5) is 25.5. The molecule has 0 saturated carbocycles. The monoisotopic (exact) mass is 579 g/mol. The van der Waals surface area contributed by atoms with Gasteiger partial charge in [-0.3, -0.25) is 9.59 Å². The summed E-state index contributed by atoms with van der Waals surface area (Å²) in [6.07, 6.45) is -0.142. The smallest absolute Gasteiger partial charge is 0.261 e. The quantitative estimate of drug-likeness (QED) is 0.162. The van der Waals surface area contributed by atoms with E-state index in [9.17, 15) is 27.2 Å². The first-order valence-electron chi connectivity index (χ1n) is 10.4. The van der Waals surface area contributed by atoms with Crippen LogP contribution in [0, 0.1) is 35.0 Å². The van der Waals surface area contributed by atoms with Gasteiger partial charge in [0.05, 0.1) is 22.3 Å². The van der Waals surface area contributed by atoms with Crippen LogP contribution >= 0.6 is 34.8 Å². The minimum absolute atomic E-state index is 0.142. The van der Waals surface area contributed by atoms with Gasteiger partial charge in [-0.1, -0.05) is 17.7 Å². The Morgan fingerprint density at radius 3 is 2.05 bits per heavy atom. The molecular formula is C24H17Cl3F5N3O2. The second-order valence-corrected chi connectivity index (χ2v) is 10.2. The molecule has 1 atom stereocenters. The normalized spacial score (nSPS) is 12.2. The summed E-state index contributed by atoms with van der Waals surface area (Å²) >= 11 is 18.1. The minimum Gasteiger partial charge on any atom is -0.394 e. The van der Waals surface area contributed by atoms with E-state index in [-0.39, 0.29) is 11.4 Å². The van der Waals surface area contributed by atoms with E-state index in [1.165, 1.54) is 19.1 Å². The van der Waals surface area contributed by atoms with Gasteiger partial charge in [-0.25, -0.2) is 22.0 Å². The first-order valence-corrected chi connectivity index (χ1v) is 11.5. The van der Waals surface area contributed by atoms with Crippen LogP contribution < -0.4 is 16.4 Å². The zero-order chi connectivity index (χ0) is 27.7. The van der Waals surface area contributed by atoms with Gasteiger partial charge in [0.25, 0.3) is 5.91 Å². The molecule has 3 aromatic rings. The zero-order valence-corrected chi connectivity index (χ0v) is 21.0. The lowest BCUT2D eigenvalue weighted by atomic mass is 9.95. The minimum atomic E-state index is -1.71. The van der Waals surface area contributed by atoms with Crippen LogP contribution in [0.3, 0.4) is 0 Å². The molecule has 4 N–H and O–H groups in total. The van der Waals surface area contributed by atoms with Gasteiger partial charge < -0.3 is 16.4 Å². The molecule has 3 rings (SSSR count). The third-order valence-corrected chi connectivity index (χ3v) is 6.12. The number of hydrogen-bond donors (Lipinski definition) is 3. The number of nitrogens with two attached hydrogens (primary N) is 1. The summed E-state index contributed by atoms with van der Waals surface area (Å²) in [6.45, 7) is 1.30. The lowest BCUT2D eigenvalue weighted by Crippen LogP contribution is -2.36. The summed E-state index contributed by atoms with van der Waals surface area (Å²) in [7, 11) is 0. The number of carbonyl (C=O) groups excluding carboxylic acids is 2. The zero-order valence-electron chi connectivity index (χ0n) is 18.7. The number of nitrogens with one attached hydrogen (secondary N) is 2. The Bertz CT molecular complexity index is 1380. The number of anilines is 3. The van der Waals surface area contributed by atoms with E-state index in [1.54, 1.807) is 0 Å². The summed E-state index contributed by atoms with van der Waals surface area (Å²) in [5.74, 6) is -9.54.